The van der Waals surface area contributed by atoms with Crippen LogP contribution in [0.4, 0.5) is 0 Å². The molecule has 0 spiro atoms. The highest BCUT2D eigenvalue weighted by molar-refractivity contribution is 6.17. The second kappa shape index (κ2) is 8.23. The summed E-state index contributed by atoms with van der Waals surface area (Å²) >= 11 is 0. The van der Waals surface area contributed by atoms with E-state index >= 15 is 0 Å². The van der Waals surface area contributed by atoms with Gasteiger partial charge >= 0.3 is 5.97 Å². The molecule has 0 saturated heterocycles. The van der Waals surface area contributed by atoms with Crippen LogP contribution < -0.4 is 0 Å². The Bertz CT molecular complexity index is 858. The van der Waals surface area contributed by atoms with Gasteiger partial charge in [0.25, 0.3) is 0 Å². The third kappa shape index (κ3) is 3.83. The number of benzene rings is 2. The molecule has 5 nitrogen and oxygen atoms in total. The van der Waals surface area contributed by atoms with Gasteiger partial charge in [0.2, 0.25) is 0 Å². The van der Waals surface area contributed by atoms with Gasteiger partial charge in [0.05, 0.1) is 19.2 Å². The molecule has 118 valence electrons. The van der Waals surface area contributed by atoms with Gasteiger partial charge in [0.15, 0.2) is 0 Å². The molecule has 0 amide bonds. The quantitative estimate of drug-likeness (QED) is 0.205. The van der Waals surface area contributed by atoms with Crippen LogP contribution in [0.25, 0.3) is 27.1 Å². The fourth-order valence-corrected chi connectivity index (χ4v) is 2.32. The Hall–Kier alpha value is -3.48. The monoisotopic (exact) mass is 317 g/mol. The van der Waals surface area contributed by atoms with E-state index in [1.807, 2.05) is 48.5 Å². The molecular formula is C19H15N3O2. The number of hydrogen-bond donors (Lipinski definition) is 0. The normalized spacial score (nSPS) is 10.4. The van der Waals surface area contributed by atoms with Crippen molar-refractivity contribution < 1.29 is 9.53 Å². The number of azide groups is 1. The molecule has 0 radical (unpaired) electrons. The van der Waals surface area contributed by atoms with Crippen LogP contribution in [0.15, 0.2) is 59.7 Å². The summed E-state index contributed by atoms with van der Waals surface area (Å²) in [5.74, 6) is 1.82. The molecule has 0 aliphatic heterocycles. The first-order chi connectivity index (χ1) is 11.7. The summed E-state index contributed by atoms with van der Waals surface area (Å²) in [4.78, 5) is 14.9. The first-order valence-electron chi connectivity index (χ1n) is 7.15. The van der Waals surface area contributed by atoms with Crippen molar-refractivity contribution in [1.82, 2.24) is 0 Å². The Kier molecular flexibility index (Phi) is 5.79. The summed E-state index contributed by atoms with van der Waals surface area (Å²) in [6, 6.07) is 15.3. The molecule has 0 N–H and O–H groups in total. The molecule has 0 unspecified atom stereocenters. The highest BCUT2D eigenvalue weighted by Crippen LogP contribution is 2.28. The van der Waals surface area contributed by atoms with Crippen molar-refractivity contribution in [3.8, 4) is 23.5 Å². The van der Waals surface area contributed by atoms with Crippen LogP contribution in [-0.4, -0.2) is 13.1 Å². The molecule has 24 heavy (non-hydrogen) atoms. The summed E-state index contributed by atoms with van der Waals surface area (Å²) in [6.07, 6.45) is 6.70. The molecule has 2 rings (SSSR count). The maximum Gasteiger partial charge on any atom is 0.339 e. The number of esters is 1. The second-order valence-electron chi connectivity index (χ2n) is 4.84. The van der Waals surface area contributed by atoms with Gasteiger partial charge in [-0.15, -0.1) is 6.42 Å². The van der Waals surface area contributed by atoms with E-state index in [9.17, 15) is 4.79 Å². The first kappa shape index (κ1) is 16.9. The van der Waals surface area contributed by atoms with E-state index in [2.05, 4.69) is 15.9 Å². The lowest BCUT2D eigenvalue weighted by molar-refractivity contribution is -0.133. The van der Waals surface area contributed by atoms with Crippen LogP contribution in [0.2, 0.25) is 0 Å². The van der Waals surface area contributed by atoms with Crippen molar-refractivity contribution in [3.05, 3.63) is 76.2 Å². The van der Waals surface area contributed by atoms with Crippen molar-refractivity contribution in [2.75, 3.05) is 7.11 Å². The topological polar surface area (TPSA) is 75.1 Å². The Morgan fingerprint density at radius 2 is 2.04 bits per heavy atom. The minimum Gasteiger partial charge on any atom is -0.465 e. The summed E-state index contributed by atoms with van der Waals surface area (Å²) in [5.41, 5.74) is 12.0. The lowest BCUT2D eigenvalue weighted by Crippen LogP contribution is -2.06. The molecule has 2 aromatic carbocycles. The minimum atomic E-state index is -0.541. The molecule has 2 aromatic rings. The van der Waals surface area contributed by atoms with E-state index in [4.69, 9.17) is 16.7 Å². The molecular weight excluding hydrogens is 302 g/mol. The van der Waals surface area contributed by atoms with Crippen LogP contribution in [0.1, 0.15) is 11.1 Å². The zero-order valence-corrected chi connectivity index (χ0v) is 13.1. The largest absolute Gasteiger partial charge is 0.465 e. The number of methoxy groups -OCH3 is 1. The lowest BCUT2D eigenvalue weighted by atomic mass is 9.94. The van der Waals surface area contributed by atoms with Crippen LogP contribution >= 0.6 is 0 Å². The summed E-state index contributed by atoms with van der Waals surface area (Å²) < 4.78 is 4.82. The molecule has 0 aliphatic rings. The number of nitrogens with zero attached hydrogens (tertiary/aromatic N) is 3. The fourth-order valence-electron chi connectivity index (χ4n) is 2.32. The first-order valence-corrected chi connectivity index (χ1v) is 7.15. The maximum atomic E-state index is 12.1. The average Bonchev–Trinajstić information content (AvgIpc) is 2.64. The van der Waals surface area contributed by atoms with E-state index in [0.29, 0.717) is 11.1 Å². The van der Waals surface area contributed by atoms with Gasteiger partial charge in [-0.3, -0.25) is 0 Å². The van der Waals surface area contributed by atoms with Gasteiger partial charge in [0.1, 0.15) is 0 Å². The van der Waals surface area contributed by atoms with E-state index < -0.39 is 5.97 Å². The van der Waals surface area contributed by atoms with E-state index in [0.717, 1.165) is 11.1 Å². The van der Waals surface area contributed by atoms with Crippen LogP contribution in [0.5, 0.6) is 0 Å². The summed E-state index contributed by atoms with van der Waals surface area (Å²) in [7, 11) is 1.29. The van der Waals surface area contributed by atoms with Gasteiger partial charge in [-0.2, -0.15) is 0 Å². The molecule has 0 bridgehead atoms. The maximum absolute atomic E-state index is 12.1. The zero-order valence-electron chi connectivity index (χ0n) is 13.1. The summed E-state index contributed by atoms with van der Waals surface area (Å²) in [6.45, 7) is 0.111. The van der Waals surface area contributed by atoms with Gasteiger partial charge in [-0.1, -0.05) is 53.5 Å². The standard InChI is InChI=1S/C19H15N3O2/c1-3-7-17(19(23)24-2)18-12-15(14-8-5-4-6-9-14)10-11-16(18)13-21-22-20/h1,4-12H,13H2,2H3/b17-7-. The highest BCUT2D eigenvalue weighted by atomic mass is 16.5. The number of allylic oxidation sites excluding steroid dienone is 1. The fraction of sp³-hybridized carbons (Fsp3) is 0.105. The van der Waals surface area contributed by atoms with E-state index in [-0.39, 0.29) is 12.1 Å². The minimum absolute atomic E-state index is 0.111. The number of hydrogen-bond acceptors (Lipinski definition) is 3. The molecule has 0 heterocycles. The van der Waals surface area contributed by atoms with Crippen LogP contribution in [0.3, 0.4) is 0 Å². The number of rotatable bonds is 5. The molecule has 0 aliphatic carbocycles. The Morgan fingerprint density at radius 1 is 1.29 bits per heavy atom. The third-order valence-corrected chi connectivity index (χ3v) is 3.44. The predicted octanol–water partition coefficient (Wildman–Crippen LogP) is 4.35. The average molecular weight is 317 g/mol. The van der Waals surface area contributed by atoms with Crippen LogP contribution in [-0.2, 0) is 16.1 Å². The predicted molar refractivity (Wildman–Crippen MR) is 93.6 cm³/mol. The molecule has 0 fully saturated rings. The second-order valence-corrected chi connectivity index (χ2v) is 4.84. The van der Waals surface area contributed by atoms with Crippen molar-refractivity contribution in [1.29, 1.82) is 0 Å². The van der Waals surface area contributed by atoms with Crippen molar-refractivity contribution in [2.24, 2.45) is 5.11 Å². The number of ether oxygens (including phenoxy) is 1. The summed E-state index contributed by atoms with van der Waals surface area (Å²) in [5, 5.41) is 3.58. The SMILES string of the molecule is C#C/C=C(\C(=O)OC)c1cc(-c2ccccc2)ccc1CN=[N+]=[N-]. The van der Waals surface area contributed by atoms with Gasteiger partial charge in [0, 0.05) is 11.0 Å². The van der Waals surface area contributed by atoms with Crippen LogP contribution in [0, 0.1) is 12.3 Å². The molecule has 0 atom stereocenters. The van der Waals surface area contributed by atoms with Gasteiger partial charge in [-0.25, -0.2) is 4.79 Å². The smallest absolute Gasteiger partial charge is 0.339 e. The van der Waals surface area contributed by atoms with E-state index in [1.165, 1.54) is 13.2 Å². The molecule has 0 aromatic heterocycles. The lowest BCUT2D eigenvalue weighted by Gasteiger charge is -2.12. The Balaban J connectivity index is 2.64. The van der Waals surface area contributed by atoms with Crippen molar-refractivity contribution in [3.63, 3.8) is 0 Å². The number of carbonyl (C=O) groups is 1. The van der Waals surface area contributed by atoms with Gasteiger partial charge in [-0.05, 0) is 33.9 Å². The number of terminal acetylenes is 1. The van der Waals surface area contributed by atoms with Crippen molar-refractivity contribution in [2.45, 2.75) is 6.54 Å². The Morgan fingerprint density at radius 3 is 2.67 bits per heavy atom. The molecule has 0 saturated carbocycles. The highest BCUT2D eigenvalue weighted by Gasteiger charge is 2.16. The van der Waals surface area contributed by atoms with E-state index in [1.54, 1.807) is 0 Å². The van der Waals surface area contributed by atoms with Gasteiger partial charge < -0.3 is 4.74 Å². The number of carbonyl (C=O) groups excluding carboxylic acids is 1. The Labute approximate surface area is 140 Å². The van der Waals surface area contributed by atoms with Crippen molar-refractivity contribution >= 4 is 11.5 Å². The zero-order chi connectivity index (χ0) is 17.4. The third-order valence-electron chi connectivity index (χ3n) is 3.44. The molecule has 5 heteroatoms.